The number of hydrogen-bond acceptors (Lipinski definition) is 6. The molecule has 0 aliphatic carbocycles. The Morgan fingerprint density at radius 3 is 2.90 bits per heavy atom. The summed E-state index contributed by atoms with van der Waals surface area (Å²) in [6.07, 6.45) is 0. The molecule has 0 aromatic carbocycles. The summed E-state index contributed by atoms with van der Waals surface area (Å²) >= 11 is 6.83. The molecule has 0 bridgehead atoms. The first-order chi connectivity index (χ1) is 9.70. The zero-order valence-corrected chi connectivity index (χ0v) is 14.0. The Kier molecular flexibility index (Phi) is 4.30. The fourth-order valence-corrected chi connectivity index (χ4v) is 4.03. The van der Waals surface area contributed by atoms with Crippen LogP contribution in [0.3, 0.4) is 0 Å². The van der Waals surface area contributed by atoms with Crippen LogP contribution >= 0.6 is 38.6 Å². The molecule has 0 spiro atoms. The van der Waals surface area contributed by atoms with E-state index in [1.165, 1.54) is 4.88 Å². The van der Waals surface area contributed by atoms with Gasteiger partial charge in [0.05, 0.1) is 15.2 Å². The van der Waals surface area contributed by atoms with Crippen molar-refractivity contribution in [3.8, 4) is 10.7 Å². The molecule has 0 saturated heterocycles. The number of thiophene rings is 2. The molecular weight excluding hydrogens is 358 g/mol. The maximum Gasteiger partial charge on any atom is 0.241 e. The minimum Gasteiger partial charge on any atom is -0.338 e. The second-order valence-corrected chi connectivity index (χ2v) is 7.86. The van der Waals surface area contributed by atoms with E-state index in [0.29, 0.717) is 18.3 Å². The molecule has 0 fully saturated rings. The SMILES string of the molecule is CN(Cc1nc(-c2cccs2)no1)Cc1ccc(Br)s1. The van der Waals surface area contributed by atoms with Crippen LogP contribution in [0.5, 0.6) is 0 Å². The molecule has 0 N–H and O–H groups in total. The van der Waals surface area contributed by atoms with Gasteiger partial charge in [-0.15, -0.1) is 22.7 Å². The van der Waals surface area contributed by atoms with Crippen molar-refractivity contribution in [2.45, 2.75) is 13.1 Å². The van der Waals surface area contributed by atoms with E-state index in [2.05, 4.69) is 43.1 Å². The largest absolute Gasteiger partial charge is 0.338 e. The lowest BCUT2D eigenvalue weighted by Gasteiger charge is -2.12. The number of nitrogens with zero attached hydrogens (tertiary/aromatic N) is 3. The van der Waals surface area contributed by atoms with Crippen LogP contribution in [0, 0.1) is 0 Å². The summed E-state index contributed by atoms with van der Waals surface area (Å²) in [5, 5.41) is 6.02. The minimum absolute atomic E-state index is 0.645. The molecule has 0 aliphatic heterocycles. The van der Waals surface area contributed by atoms with E-state index >= 15 is 0 Å². The monoisotopic (exact) mass is 369 g/mol. The summed E-state index contributed by atoms with van der Waals surface area (Å²) in [5.41, 5.74) is 0. The van der Waals surface area contributed by atoms with Crippen LogP contribution in [0.4, 0.5) is 0 Å². The first-order valence-electron chi connectivity index (χ1n) is 6.00. The van der Waals surface area contributed by atoms with Crippen LogP contribution in [-0.2, 0) is 13.1 Å². The average Bonchev–Trinajstić information content (AvgIpc) is 3.10. The van der Waals surface area contributed by atoms with Crippen molar-refractivity contribution in [2.24, 2.45) is 0 Å². The molecule has 3 heterocycles. The lowest BCUT2D eigenvalue weighted by Crippen LogP contribution is -2.16. The molecule has 0 atom stereocenters. The number of halogens is 1. The zero-order valence-electron chi connectivity index (χ0n) is 10.7. The predicted octanol–water partition coefficient (Wildman–Crippen LogP) is 4.25. The van der Waals surface area contributed by atoms with Crippen molar-refractivity contribution in [1.82, 2.24) is 15.0 Å². The molecule has 0 saturated carbocycles. The van der Waals surface area contributed by atoms with E-state index in [4.69, 9.17) is 4.52 Å². The Balaban J connectivity index is 1.63. The highest BCUT2D eigenvalue weighted by Crippen LogP contribution is 2.24. The number of hydrogen-bond donors (Lipinski definition) is 0. The Morgan fingerprint density at radius 2 is 2.20 bits per heavy atom. The molecule has 0 unspecified atom stereocenters. The van der Waals surface area contributed by atoms with E-state index in [1.807, 2.05) is 24.6 Å². The Labute approximate surface area is 133 Å². The summed E-state index contributed by atoms with van der Waals surface area (Å²) in [7, 11) is 2.04. The molecule has 0 radical (unpaired) electrons. The van der Waals surface area contributed by atoms with Gasteiger partial charge in [0, 0.05) is 11.4 Å². The van der Waals surface area contributed by atoms with Crippen molar-refractivity contribution in [3.63, 3.8) is 0 Å². The second-order valence-electron chi connectivity index (χ2n) is 4.37. The van der Waals surface area contributed by atoms with Crippen LogP contribution in [0.1, 0.15) is 10.8 Å². The standard InChI is InChI=1S/C13H12BrN3OS2/c1-17(7-9-4-5-11(14)20-9)8-12-15-13(16-18-12)10-3-2-6-19-10/h2-6H,7-8H2,1H3. The predicted molar refractivity (Wildman–Crippen MR) is 84.8 cm³/mol. The van der Waals surface area contributed by atoms with Gasteiger partial charge in [0.25, 0.3) is 0 Å². The van der Waals surface area contributed by atoms with Crippen LogP contribution < -0.4 is 0 Å². The van der Waals surface area contributed by atoms with E-state index in [0.717, 1.165) is 15.2 Å². The van der Waals surface area contributed by atoms with E-state index in [9.17, 15) is 0 Å². The van der Waals surface area contributed by atoms with Gasteiger partial charge in [-0.2, -0.15) is 4.98 Å². The molecule has 7 heteroatoms. The van der Waals surface area contributed by atoms with Crippen molar-refractivity contribution >= 4 is 38.6 Å². The Bertz CT molecular complexity index is 677. The summed E-state index contributed by atoms with van der Waals surface area (Å²) in [5.74, 6) is 1.31. The van der Waals surface area contributed by atoms with Crippen molar-refractivity contribution in [1.29, 1.82) is 0 Å². The first kappa shape index (κ1) is 13.9. The molecule has 3 aromatic rings. The van der Waals surface area contributed by atoms with Gasteiger partial charge in [-0.25, -0.2) is 0 Å². The molecule has 0 aliphatic rings. The fourth-order valence-electron chi connectivity index (χ4n) is 1.81. The van der Waals surface area contributed by atoms with Crippen LogP contribution in [0.25, 0.3) is 10.7 Å². The highest BCUT2D eigenvalue weighted by Gasteiger charge is 2.12. The van der Waals surface area contributed by atoms with Crippen LogP contribution in [0.2, 0.25) is 0 Å². The maximum absolute atomic E-state index is 5.30. The van der Waals surface area contributed by atoms with Gasteiger partial charge in [0.2, 0.25) is 11.7 Å². The smallest absolute Gasteiger partial charge is 0.241 e. The zero-order chi connectivity index (χ0) is 13.9. The Morgan fingerprint density at radius 1 is 1.30 bits per heavy atom. The lowest BCUT2D eigenvalue weighted by atomic mass is 10.4. The highest BCUT2D eigenvalue weighted by molar-refractivity contribution is 9.11. The van der Waals surface area contributed by atoms with Gasteiger partial charge >= 0.3 is 0 Å². The van der Waals surface area contributed by atoms with Crippen LogP contribution in [-0.4, -0.2) is 22.1 Å². The van der Waals surface area contributed by atoms with Gasteiger partial charge in [-0.1, -0.05) is 11.2 Å². The normalized spacial score (nSPS) is 11.3. The minimum atomic E-state index is 0.645. The van der Waals surface area contributed by atoms with Gasteiger partial charge < -0.3 is 4.52 Å². The van der Waals surface area contributed by atoms with Gasteiger partial charge in [-0.05, 0) is 46.6 Å². The first-order valence-corrected chi connectivity index (χ1v) is 8.49. The summed E-state index contributed by atoms with van der Waals surface area (Å²) in [6, 6.07) is 8.16. The third-order valence-corrected chi connectivity index (χ3v) is 5.14. The highest BCUT2D eigenvalue weighted by atomic mass is 79.9. The molecule has 4 nitrogen and oxygen atoms in total. The summed E-state index contributed by atoms with van der Waals surface area (Å²) in [6.45, 7) is 1.51. The maximum atomic E-state index is 5.30. The van der Waals surface area contributed by atoms with Crippen LogP contribution in [0.15, 0.2) is 38.0 Å². The van der Waals surface area contributed by atoms with Gasteiger partial charge in [0.1, 0.15) is 0 Å². The molecule has 3 rings (SSSR count). The third-order valence-electron chi connectivity index (χ3n) is 2.67. The second kappa shape index (κ2) is 6.17. The quantitative estimate of drug-likeness (QED) is 0.673. The van der Waals surface area contributed by atoms with E-state index < -0.39 is 0 Å². The molecule has 20 heavy (non-hydrogen) atoms. The molecular formula is C13H12BrN3OS2. The lowest BCUT2D eigenvalue weighted by molar-refractivity contribution is 0.262. The topological polar surface area (TPSA) is 42.2 Å². The third kappa shape index (κ3) is 3.35. The summed E-state index contributed by atoms with van der Waals surface area (Å²) in [4.78, 5) is 8.92. The van der Waals surface area contributed by atoms with Gasteiger partial charge in [-0.3, -0.25) is 4.90 Å². The summed E-state index contributed by atoms with van der Waals surface area (Å²) < 4.78 is 6.45. The fraction of sp³-hybridized carbons (Fsp3) is 0.231. The van der Waals surface area contributed by atoms with Gasteiger partial charge in [0.15, 0.2) is 0 Å². The average molecular weight is 370 g/mol. The molecule has 104 valence electrons. The molecule has 0 amide bonds. The van der Waals surface area contributed by atoms with Crippen molar-refractivity contribution < 1.29 is 4.52 Å². The van der Waals surface area contributed by atoms with E-state index in [1.54, 1.807) is 22.7 Å². The molecule has 3 aromatic heterocycles. The Hall–Kier alpha value is -1.02. The number of aromatic nitrogens is 2. The van der Waals surface area contributed by atoms with Crippen molar-refractivity contribution in [2.75, 3.05) is 7.05 Å². The van der Waals surface area contributed by atoms with Crippen molar-refractivity contribution in [3.05, 3.63) is 44.2 Å². The van der Waals surface area contributed by atoms with E-state index in [-0.39, 0.29) is 0 Å². The number of rotatable bonds is 5.